The van der Waals surface area contributed by atoms with E-state index in [9.17, 15) is 14.4 Å². The SMILES string of the molecule is CCCNC(=O)CN(C)C(=O)C(=O)N1CCNCC1. The maximum absolute atomic E-state index is 11.9. The van der Waals surface area contributed by atoms with Gasteiger partial charge in [-0.2, -0.15) is 0 Å². The fourth-order valence-electron chi connectivity index (χ4n) is 1.77. The largest absolute Gasteiger partial charge is 0.355 e. The average Bonchev–Trinajstić information content (AvgIpc) is 2.44. The number of hydrogen-bond acceptors (Lipinski definition) is 4. The molecular formula is C12H22N4O3. The third-order valence-electron chi connectivity index (χ3n) is 2.89. The van der Waals surface area contributed by atoms with E-state index < -0.39 is 11.8 Å². The van der Waals surface area contributed by atoms with Crippen LogP contribution >= 0.6 is 0 Å². The number of carbonyl (C=O) groups excluding carboxylic acids is 3. The second-order valence-electron chi connectivity index (χ2n) is 4.55. The quantitative estimate of drug-likeness (QED) is 0.603. The standard InChI is InChI=1S/C12H22N4O3/c1-3-4-14-10(17)9-15(2)11(18)12(19)16-7-5-13-6-8-16/h13H,3-9H2,1-2H3,(H,14,17). The van der Waals surface area contributed by atoms with Crippen molar-refractivity contribution >= 4 is 17.7 Å². The molecule has 7 heteroatoms. The van der Waals surface area contributed by atoms with Gasteiger partial charge in [0.05, 0.1) is 6.54 Å². The van der Waals surface area contributed by atoms with Gasteiger partial charge < -0.3 is 20.4 Å². The second-order valence-corrected chi connectivity index (χ2v) is 4.55. The maximum atomic E-state index is 11.9. The molecule has 0 aliphatic carbocycles. The maximum Gasteiger partial charge on any atom is 0.312 e. The van der Waals surface area contributed by atoms with Gasteiger partial charge in [0, 0.05) is 39.8 Å². The minimum atomic E-state index is -0.631. The van der Waals surface area contributed by atoms with E-state index in [1.807, 2.05) is 6.92 Å². The molecule has 19 heavy (non-hydrogen) atoms. The zero-order valence-corrected chi connectivity index (χ0v) is 11.6. The molecule has 0 aromatic carbocycles. The Morgan fingerprint density at radius 2 is 1.89 bits per heavy atom. The Labute approximate surface area is 113 Å². The van der Waals surface area contributed by atoms with E-state index in [0.29, 0.717) is 32.7 Å². The van der Waals surface area contributed by atoms with E-state index in [1.54, 1.807) is 0 Å². The molecule has 0 unspecified atom stereocenters. The molecule has 0 radical (unpaired) electrons. The molecule has 1 fully saturated rings. The molecule has 0 aromatic heterocycles. The molecule has 0 bridgehead atoms. The number of carbonyl (C=O) groups is 3. The van der Waals surface area contributed by atoms with Crippen LogP contribution in [0.5, 0.6) is 0 Å². The molecule has 1 aliphatic heterocycles. The highest BCUT2D eigenvalue weighted by Crippen LogP contribution is 1.97. The number of nitrogens with one attached hydrogen (secondary N) is 2. The normalized spacial score (nSPS) is 14.9. The van der Waals surface area contributed by atoms with Gasteiger partial charge in [-0.3, -0.25) is 14.4 Å². The van der Waals surface area contributed by atoms with E-state index in [1.165, 1.54) is 11.9 Å². The molecule has 1 aliphatic rings. The summed E-state index contributed by atoms with van der Waals surface area (Å²) < 4.78 is 0. The highest BCUT2D eigenvalue weighted by atomic mass is 16.2. The Kier molecular flexibility index (Phi) is 6.27. The smallest absolute Gasteiger partial charge is 0.312 e. The minimum Gasteiger partial charge on any atom is -0.355 e. The van der Waals surface area contributed by atoms with Crippen LogP contribution in [0.1, 0.15) is 13.3 Å². The van der Waals surface area contributed by atoms with E-state index in [0.717, 1.165) is 11.3 Å². The summed E-state index contributed by atoms with van der Waals surface area (Å²) in [5.41, 5.74) is 0. The van der Waals surface area contributed by atoms with Crippen molar-refractivity contribution in [1.82, 2.24) is 20.4 Å². The first-order valence-electron chi connectivity index (χ1n) is 6.58. The number of amides is 3. The van der Waals surface area contributed by atoms with E-state index in [4.69, 9.17) is 0 Å². The van der Waals surface area contributed by atoms with Crippen LogP contribution in [0.3, 0.4) is 0 Å². The van der Waals surface area contributed by atoms with Crippen molar-refractivity contribution in [3.63, 3.8) is 0 Å². The lowest BCUT2D eigenvalue weighted by Crippen LogP contribution is -2.52. The van der Waals surface area contributed by atoms with Crippen LogP contribution in [-0.4, -0.2) is 73.8 Å². The molecule has 0 atom stereocenters. The monoisotopic (exact) mass is 270 g/mol. The zero-order chi connectivity index (χ0) is 14.3. The summed E-state index contributed by atoms with van der Waals surface area (Å²) in [6, 6.07) is 0. The van der Waals surface area contributed by atoms with Gasteiger partial charge in [-0.05, 0) is 6.42 Å². The lowest BCUT2D eigenvalue weighted by Gasteiger charge is -2.28. The lowest BCUT2D eigenvalue weighted by atomic mass is 10.3. The number of piperazine rings is 1. The van der Waals surface area contributed by atoms with Gasteiger partial charge in [-0.15, -0.1) is 0 Å². The molecule has 108 valence electrons. The van der Waals surface area contributed by atoms with Gasteiger partial charge in [-0.1, -0.05) is 6.92 Å². The fraction of sp³-hybridized carbons (Fsp3) is 0.750. The summed E-state index contributed by atoms with van der Waals surface area (Å²) in [5, 5.41) is 5.78. The first-order valence-corrected chi connectivity index (χ1v) is 6.58. The lowest BCUT2D eigenvalue weighted by molar-refractivity contribution is -0.152. The number of rotatable bonds is 4. The topological polar surface area (TPSA) is 81.8 Å². The number of hydrogen-bond donors (Lipinski definition) is 2. The Morgan fingerprint density at radius 3 is 2.47 bits per heavy atom. The molecule has 1 heterocycles. The predicted octanol–water partition coefficient (Wildman–Crippen LogP) is -1.60. The molecular weight excluding hydrogens is 248 g/mol. The average molecular weight is 270 g/mol. The Balaban J connectivity index is 2.42. The molecule has 0 spiro atoms. The van der Waals surface area contributed by atoms with Gasteiger partial charge in [0.1, 0.15) is 0 Å². The van der Waals surface area contributed by atoms with Gasteiger partial charge in [0.15, 0.2) is 0 Å². The van der Waals surface area contributed by atoms with Crippen LogP contribution in [0.4, 0.5) is 0 Å². The molecule has 0 aromatic rings. The van der Waals surface area contributed by atoms with Crippen LogP contribution < -0.4 is 10.6 Å². The summed E-state index contributed by atoms with van der Waals surface area (Å²) in [4.78, 5) is 37.9. The van der Waals surface area contributed by atoms with Gasteiger partial charge >= 0.3 is 11.8 Å². The zero-order valence-electron chi connectivity index (χ0n) is 11.6. The summed E-state index contributed by atoms with van der Waals surface area (Å²) in [6.07, 6.45) is 0.836. The summed E-state index contributed by atoms with van der Waals surface area (Å²) in [6.45, 7) is 4.88. The van der Waals surface area contributed by atoms with Crippen LogP contribution in [0.25, 0.3) is 0 Å². The molecule has 7 nitrogen and oxygen atoms in total. The van der Waals surface area contributed by atoms with Crippen LogP contribution in [-0.2, 0) is 14.4 Å². The third-order valence-corrected chi connectivity index (χ3v) is 2.89. The minimum absolute atomic E-state index is 0.0866. The predicted molar refractivity (Wildman–Crippen MR) is 70.4 cm³/mol. The summed E-state index contributed by atoms with van der Waals surface area (Å²) >= 11 is 0. The van der Waals surface area contributed by atoms with E-state index in [2.05, 4.69) is 10.6 Å². The third kappa shape index (κ3) is 4.86. The Bertz CT molecular complexity index is 340. The summed E-state index contributed by atoms with van der Waals surface area (Å²) in [7, 11) is 1.47. The van der Waals surface area contributed by atoms with Crippen LogP contribution in [0.2, 0.25) is 0 Å². The van der Waals surface area contributed by atoms with Crippen molar-refractivity contribution in [2.75, 3.05) is 46.3 Å². The van der Waals surface area contributed by atoms with E-state index in [-0.39, 0.29) is 12.5 Å². The molecule has 0 saturated carbocycles. The number of likely N-dealkylation sites (N-methyl/N-ethyl adjacent to an activating group) is 1. The van der Waals surface area contributed by atoms with Crippen molar-refractivity contribution in [2.45, 2.75) is 13.3 Å². The van der Waals surface area contributed by atoms with E-state index >= 15 is 0 Å². The van der Waals surface area contributed by atoms with Gasteiger partial charge in [-0.25, -0.2) is 0 Å². The van der Waals surface area contributed by atoms with Crippen LogP contribution in [0, 0.1) is 0 Å². The first kappa shape index (κ1) is 15.4. The highest BCUT2D eigenvalue weighted by molar-refractivity contribution is 6.35. The highest BCUT2D eigenvalue weighted by Gasteiger charge is 2.26. The van der Waals surface area contributed by atoms with Gasteiger partial charge in [0.2, 0.25) is 5.91 Å². The van der Waals surface area contributed by atoms with Crippen LogP contribution in [0.15, 0.2) is 0 Å². The Hall–Kier alpha value is -1.63. The second kappa shape index (κ2) is 7.73. The first-order chi connectivity index (χ1) is 9.06. The van der Waals surface area contributed by atoms with Crippen molar-refractivity contribution in [1.29, 1.82) is 0 Å². The summed E-state index contributed by atoms with van der Waals surface area (Å²) in [5.74, 6) is -1.41. The fourth-order valence-corrected chi connectivity index (χ4v) is 1.77. The van der Waals surface area contributed by atoms with Gasteiger partial charge in [0.25, 0.3) is 0 Å². The molecule has 1 saturated heterocycles. The molecule has 3 amide bonds. The van der Waals surface area contributed by atoms with Crippen molar-refractivity contribution in [3.05, 3.63) is 0 Å². The molecule has 2 N–H and O–H groups in total. The molecule has 1 rings (SSSR count). The Morgan fingerprint density at radius 1 is 1.26 bits per heavy atom. The number of nitrogens with zero attached hydrogens (tertiary/aromatic N) is 2. The van der Waals surface area contributed by atoms with Crippen molar-refractivity contribution in [3.8, 4) is 0 Å². The van der Waals surface area contributed by atoms with Crippen molar-refractivity contribution < 1.29 is 14.4 Å². The van der Waals surface area contributed by atoms with Crippen molar-refractivity contribution in [2.24, 2.45) is 0 Å².